The van der Waals surface area contributed by atoms with Crippen molar-refractivity contribution in [2.45, 2.75) is 26.8 Å². The van der Waals surface area contributed by atoms with E-state index in [9.17, 15) is 18.0 Å². The summed E-state index contributed by atoms with van der Waals surface area (Å²) >= 11 is 0. The molecule has 0 spiro atoms. The monoisotopic (exact) mass is 498 g/mol. The summed E-state index contributed by atoms with van der Waals surface area (Å²) in [6.07, 6.45) is 0.134. The van der Waals surface area contributed by atoms with Gasteiger partial charge in [-0.1, -0.05) is 36.4 Å². The van der Waals surface area contributed by atoms with Crippen LogP contribution in [0.1, 0.15) is 23.1 Å². The maximum absolute atomic E-state index is 12.8. The average Bonchev–Trinajstić information content (AvgIpc) is 3.23. The van der Waals surface area contributed by atoms with E-state index in [-0.39, 0.29) is 30.5 Å². The van der Waals surface area contributed by atoms with Crippen LogP contribution in [0.2, 0.25) is 0 Å². The SMILES string of the molecule is Cc1ccc(N2CC(C(=O)NCCS(=O)(=O)N3CCN(Cc4ccccc4)CC3)CC2=O)cc1C. The molecule has 8 nitrogen and oxygen atoms in total. The Morgan fingerprint density at radius 3 is 2.40 bits per heavy atom. The minimum absolute atomic E-state index is 0.0414. The number of rotatable bonds is 8. The molecule has 4 rings (SSSR count). The molecular formula is C26H34N4O4S. The van der Waals surface area contributed by atoms with E-state index in [4.69, 9.17) is 0 Å². The maximum Gasteiger partial charge on any atom is 0.227 e. The van der Waals surface area contributed by atoms with E-state index in [1.807, 2.05) is 50.2 Å². The fourth-order valence-electron chi connectivity index (χ4n) is 4.61. The molecular weight excluding hydrogens is 464 g/mol. The van der Waals surface area contributed by atoms with Gasteiger partial charge in [-0.25, -0.2) is 8.42 Å². The summed E-state index contributed by atoms with van der Waals surface area (Å²) in [5.41, 5.74) is 4.25. The predicted molar refractivity (Wildman–Crippen MR) is 136 cm³/mol. The molecule has 2 saturated heterocycles. The second-order valence-electron chi connectivity index (χ2n) is 9.44. The molecule has 0 radical (unpaired) electrons. The topological polar surface area (TPSA) is 90.0 Å². The van der Waals surface area contributed by atoms with Crippen LogP contribution in [-0.4, -0.2) is 74.5 Å². The van der Waals surface area contributed by atoms with Crippen LogP contribution in [0.5, 0.6) is 0 Å². The van der Waals surface area contributed by atoms with E-state index in [1.165, 1.54) is 9.87 Å². The number of aryl methyl sites for hydroxylation is 2. The fourth-order valence-corrected chi connectivity index (χ4v) is 5.95. The number of piperazine rings is 1. The van der Waals surface area contributed by atoms with Crippen molar-refractivity contribution < 1.29 is 18.0 Å². The molecule has 9 heteroatoms. The van der Waals surface area contributed by atoms with Gasteiger partial charge in [-0.05, 0) is 42.7 Å². The van der Waals surface area contributed by atoms with E-state index in [2.05, 4.69) is 22.3 Å². The summed E-state index contributed by atoms with van der Waals surface area (Å²) in [5, 5.41) is 2.74. The van der Waals surface area contributed by atoms with Crippen molar-refractivity contribution in [2.24, 2.45) is 5.92 Å². The molecule has 1 N–H and O–H groups in total. The second kappa shape index (κ2) is 10.9. The summed E-state index contributed by atoms with van der Waals surface area (Å²) in [4.78, 5) is 29.1. The molecule has 1 atom stereocenters. The van der Waals surface area contributed by atoms with Crippen LogP contribution in [0.15, 0.2) is 48.5 Å². The first-order valence-corrected chi connectivity index (χ1v) is 13.7. The number of nitrogens with zero attached hydrogens (tertiary/aromatic N) is 3. The summed E-state index contributed by atoms with van der Waals surface area (Å²) < 4.78 is 27.1. The van der Waals surface area contributed by atoms with Crippen molar-refractivity contribution in [1.82, 2.24) is 14.5 Å². The zero-order chi connectivity index (χ0) is 25.0. The Bertz CT molecular complexity index is 1160. The van der Waals surface area contributed by atoms with Crippen molar-refractivity contribution in [3.8, 4) is 0 Å². The highest BCUT2D eigenvalue weighted by atomic mass is 32.2. The van der Waals surface area contributed by atoms with Crippen LogP contribution < -0.4 is 10.2 Å². The Morgan fingerprint density at radius 2 is 1.71 bits per heavy atom. The van der Waals surface area contributed by atoms with Gasteiger partial charge in [0.05, 0.1) is 11.7 Å². The van der Waals surface area contributed by atoms with E-state index in [1.54, 1.807) is 4.90 Å². The minimum atomic E-state index is -3.46. The Hall–Kier alpha value is -2.75. The third kappa shape index (κ3) is 6.28. The number of carbonyl (C=O) groups is 2. The minimum Gasteiger partial charge on any atom is -0.355 e. The highest BCUT2D eigenvalue weighted by molar-refractivity contribution is 7.89. The second-order valence-corrected chi connectivity index (χ2v) is 11.5. The normalized spacial score (nSPS) is 19.8. The quantitative estimate of drug-likeness (QED) is 0.601. The van der Waals surface area contributed by atoms with Gasteiger partial charge in [-0.2, -0.15) is 4.31 Å². The molecule has 0 aliphatic carbocycles. The number of amides is 2. The van der Waals surface area contributed by atoms with Crippen LogP contribution in [-0.2, 0) is 26.2 Å². The standard InChI is InChI=1S/C26H34N4O4S/c1-20-8-9-24(16-21(20)2)30-19-23(17-25(30)31)26(32)27-10-15-35(33,34)29-13-11-28(12-14-29)18-22-6-4-3-5-7-22/h3-9,16,23H,10-15,17-19H2,1-2H3,(H,27,32). The lowest BCUT2D eigenvalue weighted by molar-refractivity contribution is -0.126. The fraction of sp³-hybridized carbons (Fsp3) is 0.462. The van der Waals surface area contributed by atoms with Crippen LogP contribution in [0, 0.1) is 19.8 Å². The third-order valence-corrected chi connectivity index (χ3v) is 8.80. The zero-order valence-corrected chi connectivity index (χ0v) is 21.3. The first-order valence-electron chi connectivity index (χ1n) is 12.1. The lowest BCUT2D eigenvalue weighted by Gasteiger charge is -2.34. The van der Waals surface area contributed by atoms with E-state index >= 15 is 0 Å². The predicted octanol–water partition coefficient (Wildman–Crippen LogP) is 1.92. The number of carbonyl (C=O) groups excluding carboxylic acids is 2. The molecule has 2 aromatic rings. The molecule has 0 saturated carbocycles. The van der Waals surface area contributed by atoms with Gasteiger partial charge in [-0.3, -0.25) is 14.5 Å². The van der Waals surface area contributed by atoms with E-state index < -0.39 is 15.9 Å². The molecule has 35 heavy (non-hydrogen) atoms. The molecule has 2 aliphatic heterocycles. The van der Waals surface area contributed by atoms with Gasteiger partial charge in [0.15, 0.2) is 0 Å². The summed E-state index contributed by atoms with van der Waals surface area (Å²) in [7, 11) is -3.46. The first-order chi connectivity index (χ1) is 16.7. The zero-order valence-electron chi connectivity index (χ0n) is 20.4. The van der Waals surface area contributed by atoms with Gasteiger partial charge in [0.25, 0.3) is 0 Å². The molecule has 2 aromatic carbocycles. The third-order valence-electron chi connectivity index (χ3n) is 6.93. The van der Waals surface area contributed by atoms with Crippen molar-refractivity contribution in [1.29, 1.82) is 0 Å². The molecule has 2 amide bonds. The highest BCUT2D eigenvalue weighted by Crippen LogP contribution is 2.27. The van der Waals surface area contributed by atoms with Crippen LogP contribution >= 0.6 is 0 Å². The summed E-state index contributed by atoms with van der Waals surface area (Å²) in [5.74, 6) is -0.978. The van der Waals surface area contributed by atoms with Crippen molar-refractivity contribution in [3.05, 3.63) is 65.2 Å². The number of hydrogen-bond acceptors (Lipinski definition) is 5. The van der Waals surface area contributed by atoms with Gasteiger partial charge >= 0.3 is 0 Å². The van der Waals surface area contributed by atoms with Gasteiger partial charge < -0.3 is 10.2 Å². The molecule has 1 unspecified atom stereocenters. The van der Waals surface area contributed by atoms with Crippen molar-refractivity contribution in [2.75, 3.05) is 49.9 Å². The number of nitrogens with one attached hydrogen (secondary N) is 1. The maximum atomic E-state index is 12.8. The largest absolute Gasteiger partial charge is 0.355 e. The van der Waals surface area contributed by atoms with Gasteiger partial charge in [-0.15, -0.1) is 0 Å². The molecule has 2 fully saturated rings. The van der Waals surface area contributed by atoms with Gasteiger partial charge in [0.1, 0.15) is 0 Å². The molecule has 0 bridgehead atoms. The number of hydrogen-bond donors (Lipinski definition) is 1. The van der Waals surface area contributed by atoms with Crippen molar-refractivity contribution >= 4 is 27.5 Å². The lowest BCUT2D eigenvalue weighted by Crippen LogP contribution is -2.49. The van der Waals surface area contributed by atoms with Gasteiger partial charge in [0, 0.05) is 57.9 Å². The molecule has 188 valence electrons. The Balaban J connectivity index is 1.22. The summed E-state index contributed by atoms with van der Waals surface area (Å²) in [6, 6.07) is 16.0. The van der Waals surface area contributed by atoms with Crippen LogP contribution in [0.4, 0.5) is 5.69 Å². The van der Waals surface area contributed by atoms with Crippen LogP contribution in [0.25, 0.3) is 0 Å². The highest BCUT2D eigenvalue weighted by Gasteiger charge is 2.35. The average molecular weight is 499 g/mol. The lowest BCUT2D eigenvalue weighted by atomic mass is 10.1. The molecule has 2 aliphatic rings. The van der Waals surface area contributed by atoms with E-state index in [0.29, 0.717) is 32.7 Å². The molecule has 0 aromatic heterocycles. The first kappa shape index (κ1) is 25.3. The number of sulfonamides is 1. The smallest absolute Gasteiger partial charge is 0.227 e. The summed E-state index contributed by atoms with van der Waals surface area (Å²) in [6.45, 7) is 7.43. The van der Waals surface area contributed by atoms with E-state index in [0.717, 1.165) is 23.4 Å². The molecule has 2 heterocycles. The van der Waals surface area contributed by atoms with Crippen LogP contribution in [0.3, 0.4) is 0 Å². The van der Waals surface area contributed by atoms with Crippen molar-refractivity contribution in [3.63, 3.8) is 0 Å². The van der Waals surface area contributed by atoms with Gasteiger partial charge in [0.2, 0.25) is 21.8 Å². The number of benzene rings is 2. The Kier molecular flexibility index (Phi) is 7.88. The Labute approximate surface area is 207 Å². The Morgan fingerprint density at radius 1 is 1.00 bits per heavy atom. The number of anilines is 1.